The van der Waals surface area contributed by atoms with Gasteiger partial charge in [0.05, 0.1) is 6.04 Å². The van der Waals surface area contributed by atoms with Gasteiger partial charge in [0.2, 0.25) is 11.8 Å². The summed E-state index contributed by atoms with van der Waals surface area (Å²) in [5.74, 6) is -0.483. The maximum absolute atomic E-state index is 13.3. The van der Waals surface area contributed by atoms with Gasteiger partial charge >= 0.3 is 0 Å². The number of unbranched alkanes of at least 4 members (excludes halogenated alkanes) is 22. The third kappa shape index (κ3) is 28.4. The minimum Gasteiger partial charge on any atom is -0.370 e. The second kappa shape index (κ2) is 33.0. The topological polar surface area (TPSA) is 163 Å². The highest BCUT2D eigenvalue weighted by Crippen LogP contribution is 2.14. The Balaban J connectivity index is 4.42. The molecule has 0 rings (SSSR count). The lowest BCUT2D eigenvalue weighted by Gasteiger charge is -2.26. The molecule has 0 aliphatic rings. The van der Waals surface area contributed by atoms with Crippen LogP contribution in [0.2, 0.25) is 0 Å². The molecule has 2 atom stereocenters. The van der Waals surface area contributed by atoms with Crippen molar-refractivity contribution in [1.29, 1.82) is 5.41 Å². The molecule has 2 unspecified atom stereocenters. The highest BCUT2D eigenvalue weighted by molar-refractivity contribution is 5.85. The summed E-state index contributed by atoms with van der Waals surface area (Å²) in [4.78, 5) is 27.7. The number of carbonyl (C=O) groups excluding carboxylic acids is 2. The van der Waals surface area contributed by atoms with Crippen molar-refractivity contribution >= 4 is 17.8 Å². The van der Waals surface area contributed by atoms with Crippen LogP contribution in [0.5, 0.6) is 0 Å². The smallest absolute Gasteiger partial charge is 0.241 e. The Hall–Kier alpha value is -1.87. The molecule has 0 aromatic rings. The molecule has 2 amide bonds. The summed E-state index contributed by atoms with van der Waals surface area (Å²) in [6, 6.07) is -1.46. The van der Waals surface area contributed by atoms with Gasteiger partial charge in [-0.2, -0.15) is 0 Å². The van der Waals surface area contributed by atoms with E-state index in [0.29, 0.717) is 19.4 Å². The zero-order valence-corrected chi connectivity index (χ0v) is 30.4. The van der Waals surface area contributed by atoms with Crippen molar-refractivity contribution in [3.05, 3.63) is 0 Å². The SMILES string of the molecule is CCCCCCCCCCCCCCCCN(CCCCCCCCCCCC)C(=O)C(N)CNC(=O)C(N)CCCNC(=N)N. The zero-order valence-electron chi connectivity index (χ0n) is 30.4. The van der Waals surface area contributed by atoms with E-state index in [-0.39, 0.29) is 24.3 Å². The van der Waals surface area contributed by atoms with E-state index in [4.69, 9.17) is 22.6 Å². The highest BCUT2D eigenvalue weighted by Gasteiger charge is 2.22. The van der Waals surface area contributed by atoms with E-state index in [1.807, 2.05) is 4.90 Å². The van der Waals surface area contributed by atoms with Gasteiger partial charge in [-0.25, -0.2) is 0 Å². The first-order chi connectivity index (χ1) is 22.3. The average molecular weight is 652 g/mol. The van der Waals surface area contributed by atoms with Crippen LogP contribution < -0.4 is 27.8 Å². The third-order valence-corrected chi connectivity index (χ3v) is 9.03. The van der Waals surface area contributed by atoms with Gasteiger partial charge in [0.1, 0.15) is 6.04 Å². The lowest BCUT2D eigenvalue weighted by molar-refractivity contribution is -0.133. The molecule has 0 aromatic carbocycles. The van der Waals surface area contributed by atoms with Gasteiger partial charge in [-0.1, -0.05) is 155 Å². The molecular weight excluding hydrogens is 574 g/mol. The Labute approximate surface area is 284 Å². The number of guanidine groups is 1. The molecule has 46 heavy (non-hydrogen) atoms. The number of nitrogens with one attached hydrogen (secondary N) is 3. The third-order valence-electron chi connectivity index (χ3n) is 9.03. The van der Waals surface area contributed by atoms with Gasteiger partial charge in [0.15, 0.2) is 5.96 Å². The maximum atomic E-state index is 13.3. The Bertz CT molecular complexity index is 722. The lowest BCUT2D eigenvalue weighted by atomic mass is 10.0. The summed E-state index contributed by atoms with van der Waals surface area (Å²) in [6.07, 6.45) is 32.1. The second-order valence-electron chi connectivity index (χ2n) is 13.5. The number of hydrogen-bond acceptors (Lipinski definition) is 5. The van der Waals surface area contributed by atoms with Crippen molar-refractivity contribution in [3.63, 3.8) is 0 Å². The monoisotopic (exact) mass is 652 g/mol. The Morgan fingerprint density at radius 1 is 0.565 bits per heavy atom. The summed E-state index contributed by atoms with van der Waals surface area (Å²) >= 11 is 0. The number of amides is 2. The molecule has 0 bridgehead atoms. The number of nitrogens with zero attached hydrogens (tertiary/aromatic N) is 1. The van der Waals surface area contributed by atoms with Crippen LogP contribution in [0.25, 0.3) is 0 Å². The molecule has 0 aromatic heterocycles. The minimum atomic E-state index is -0.773. The van der Waals surface area contributed by atoms with Crippen molar-refractivity contribution in [2.45, 2.75) is 193 Å². The second-order valence-corrected chi connectivity index (χ2v) is 13.5. The van der Waals surface area contributed by atoms with Gasteiger partial charge in [-0.3, -0.25) is 15.0 Å². The zero-order chi connectivity index (χ0) is 34.1. The molecule has 0 heterocycles. The van der Waals surface area contributed by atoms with E-state index in [1.54, 1.807) is 0 Å². The Kier molecular flexibility index (Phi) is 31.7. The summed E-state index contributed by atoms with van der Waals surface area (Å²) in [5, 5.41) is 12.7. The van der Waals surface area contributed by atoms with Gasteiger partial charge in [-0.15, -0.1) is 0 Å². The Morgan fingerprint density at radius 2 is 0.935 bits per heavy atom. The summed E-state index contributed by atoms with van der Waals surface area (Å²) in [5.41, 5.74) is 17.6. The minimum absolute atomic E-state index is 0.0786. The van der Waals surface area contributed by atoms with E-state index in [1.165, 1.54) is 128 Å². The van der Waals surface area contributed by atoms with Gasteiger partial charge in [0.25, 0.3) is 0 Å². The molecule has 0 aliphatic heterocycles. The van der Waals surface area contributed by atoms with E-state index in [9.17, 15) is 9.59 Å². The first kappa shape index (κ1) is 44.1. The van der Waals surface area contributed by atoms with Crippen LogP contribution in [0.4, 0.5) is 0 Å². The van der Waals surface area contributed by atoms with Crippen molar-refractivity contribution < 1.29 is 9.59 Å². The van der Waals surface area contributed by atoms with E-state index < -0.39 is 12.1 Å². The molecular formula is C37H77N7O2. The van der Waals surface area contributed by atoms with Crippen LogP contribution in [-0.4, -0.2) is 60.9 Å². The van der Waals surface area contributed by atoms with Crippen molar-refractivity contribution in [3.8, 4) is 0 Å². The molecule has 9 heteroatoms. The summed E-state index contributed by atoms with van der Waals surface area (Å²) in [7, 11) is 0. The normalized spacial score (nSPS) is 12.5. The fraction of sp³-hybridized carbons (Fsp3) is 0.919. The summed E-state index contributed by atoms with van der Waals surface area (Å²) in [6.45, 7) is 6.57. The van der Waals surface area contributed by atoms with Gasteiger partial charge in [-0.05, 0) is 25.7 Å². The average Bonchev–Trinajstić information content (AvgIpc) is 3.04. The van der Waals surface area contributed by atoms with Crippen LogP contribution >= 0.6 is 0 Å². The van der Waals surface area contributed by atoms with Gasteiger partial charge in [0, 0.05) is 26.2 Å². The van der Waals surface area contributed by atoms with E-state index in [0.717, 1.165) is 38.8 Å². The van der Waals surface area contributed by atoms with Crippen molar-refractivity contribution in [2.75, 3.05) is 26.2 Å². The molecule has 0 radical (unpaired) electrons. The van der Waals surface area contributed by atoms with E-state index >= 15 is 0 Å². The number of rotatable bonds is 34. The van der Waals surface area contributed by atoms with Crippen molar-refractivity contribution in [1.82, 2.24) is 15.5 Å². The lowest BCUT2D eigenvalue weighted by Crippen LogP contribution is -2.52. The summed E-state index contributed by atoms with van der Waals surface area (Å²) < 4.78 is 0. The molecule has 0 saturated carbocycles. The molecule has 0 saturated heterocycles. The molecule has 0 fully saturated rings. The number of nitrogens with two attached hydrogens (primary N) is 3. The molecule has 272 valence electrons. The highest BCUT2D eigenvalue weighted by atomic mass is 16.2. The fourth-order valence-corrected chi connectivity index (χ4v) is 5.96. The predicted molar refractivity (Wildman–Crippen MR) is 197 cm³/mol. The number of carbonyl (C=O) groups is 2. The van der Waals surface area contributed by atoms with Crippen LogP contribution in [0.3, 0.4) is 0 Å². The van der Waals surface area contributed by atoms with Crippen LogP contribution in [0.15, 0.2) is 0 Å². The van der Waals surface area contributed by atoms with Gasteiger partial charge < -0.3 is 32.7 Å². The first-order valence-corrected chi connectivity index (χ1v) is 19.5. The molecule has 9 N–H and O–H groups in total. The standard InChI is InChI=1S/C37H77N7O2/c1-3-5-7-9-11-13-15-16-17-18-20-22-24-26-31-44(30-25-23-21-19-14-12-10-8-6-4-2)36(46)34(39)32-43-35(45)33(38)28-27-29-42-37(40)41/h33-34H,3-32,38-39H2,1-2H3,(H,43,45)(H4,40,41,42). The first-order valence-electron chi connectivity index (χ1n) is 19.5. The van der Waals surface area contributed by atoms with Crippen LogP contribution in [0.1, 0.15) is 181 Å². The maximum Gasteiger partial charge on any atom is 0.241 e. The molecule has 0 spiro atoms. The predicted octanol–water partition coefficient (Wildman–Crippen LogP) is 7.25. The van der Waals surface area contributed by atoms with Crippen molar-refractivity contribution in [2.24, 2.45) is 17.2 Å². The Morgan fingerprint density at radius 3 is 1.30 bits per heavy atom. The van der Waals surface area contributed by atoms with Crippen LogP contribution in [-0.2, 0) is 9.59 Å². The quantitative estimate of drug-likeness (QED) is 0.0244. The molecule has 9 nitrogen and oxygen atoms in total. The van der Waals surface area contributed by atoms with Crippen LogP contribution in [0, 0.1) is 5.41 Å². The van der Waals surface area contributed by atoms with E-state index in [2.05, 4.69) is 24.5 Å². The fourth-order valence-electron chi connectivity index (χ4n) is 5.96. The largest absolute Gasteiger partial charge is 0.370 e. The number of hydrogen-bond donors (Lipinski definition) is 6. The molecule has 0 aliphatic carbocycles.